The summed E-state index contributed by atoms with van der Waals surface area (Å²) in [7, 11) is 0. The Hall–Kier alpha value is -1.74. The summed E-state index contributed by atoms with van der Waals surface area (Å²) in [5.74, 6) is 0. The number of hydrazone groups is 1. The third-order valence-corrected chi connectivity index (χ3v) is 3.80. The van der Waals surface area contributed by atoms with E-state index >= 15 is 0 Å². The van der Waals surface area contributed by atoms with Crippen LogP contribution >= 0.6 is 11.8 Å². The predicted octanol–water partition coefficient (Wildman–Crippen LogP) is 3.38. The molecule has 1 N–H and O–H groups in total. The summed E-state index contributed by atoms with van der Waals surface area (Å²) in [6, 6.07) is 20.6. The minimum Gasteiger partial charge on any atom is -0.291 e. The molecule has 1 aliphatic rings. The lowest BCUT2D eigenvalue weighted by atomic mass is 10.2. The maximum atomic E-state index is 4.39. The van der Waals surface area contributed by atoms with Crippen molar-refractivity contribution in [1.82, 2.24) is 5.43 Å². The number of benzene rings is 2. The van der Waals surface area contributed by atoms with Gasteiger partial charge in [0.25, 0.3) is 0 Å². The van der Waals surface area contributed by atoms with Crippen LogP contribution in [0.1, 0.15) is 16.5 Å². The van der Waals surface area contributed by atoms with Crippen molar-refractivity contribution in [2.75, 3.05) is 0 Å². The average Bonchev–Trinajstić information content (AvgIpc) is 2.90. The molecule has 0 aliphatic carbocycles. The van der Waals surface area contributed by atoms with Crippen LogP contribution in [0.15, 0.2) is 65.8 Å². The molecular formula is C14H12N2S. The van der Waals surface area contributed by atoms with Crippen LogP contribution in [-0.2, 0) is 0 Å². The number of rotatable bonds is 2. The number of hydrogen-bond acceptors (Lipinski definition) is 3. The monoisotopic (exact) mass is 240 g/mol. The Morgan fingerprint density at radius 2 is 1.53 bits per heavy atom. The minimum atomic E-state index is 0.228. The van der Waals surface area contributed by atoms with Crippen LogP contribution in [0.25, 0.3) is 0 Å². The first kappa shape index (κ1) is 10.4. The molecule has 2 aromatic carbocycles. The van der Waals surface area contributed by atoms with Crippen LogP contribution < -0.4 is 5.43 Å². The SMILES string of the molecule is c1ccc(C2=NNC(c3ccccc3)S2)cc1. The lowest BCUT2D eigenvalue weighted by Crippen LogP contribution is -2.05. The van der Waals surface area contributed by atoms with Crippen molar-refractivity contribution < 1.29 is 0 Å². The highest BCUT2D eigenvalue weighted by Crippen LogP contribution is 2.33. The summed E-state index contributed by atoms with van der Waals surface area (Å²) in [5, 5.41) is 5.68. The third-order valence-electron chi connectivity index (χ3n) is 2.64. The van der Waals surface area contributed by atoms with Crippen LogP contribution in [0.2, 0.25) is 0 Å². The molecule has 0 spiro atoms. The van der Waals surface area contributed by atoms with Gasteiger partial charge in [0.1, 0.15) is 10.4 Å². The second-order valence-electron chi connectivity index (χ2n) is 3.82. The smallest absolute Gasteiger partial charge is 0.126 e. The average molecular weight is 240 g/mol. The van der Waals surface area contributed by atoms with Crippen molar-refractivity contribution in [3.8, 4) is 0 Å². The minimum absolute atomic E-state index is 0.228. The maximum absolute atomic E-state index is 4.39. The van der Waals surface area contributed by atoms with Gasteiger partial charge < -0.3 is 0 Å². The van der Waals surface area contributed by atoms with Gasteiger partial charge in [-0.3, -0.25) is 5.43 Å². The van der Waals surface area contributed by atoms with E-state index in [4.69, 9.17) is 0 Å². The molecule has 2 aromatic rings. The van der Waals surface area contributed by atoms with Crippen molar-refractivity contribution in [3.63, 3.8) is 0 Å². The number of nitrogens with one attached hydrogen (secondary N) is 1. The van der Waals surface area contributed by atoms with E-state index in [9.17, 15) is 0 Å². The van der Waals surface area contributed by atoms with Crippen LogP contribution in [0.3, 0.4) is 0 Å². The maximum Gasteiger partial charge on any atom is 0.126 e. The molecule has 3 heteroatoms. The molecule has 1 atom stereocenters. The zero-order valence-electron chi connectivity index (χ0n) is 9.21. The predicted molar refractivity (Wildman–Crippen MR) is 72.9 cm³/mol. The molecule has 0 aromatic heterocycles. The van der Waals surface area contributed by atoms with Crippen molar-refractivity contribution in [2.45, 2.75) is 5.37 Å². The van der Waals surface area contributed by atoms with Crippen LogP contribution in [0.4, 0.5) is 0 Å². The van der Waals surface area contributed by atoms with Crippen LogP contribution in [0.5, 0.6) is 0 Å². The van der Waals surface area contributed by atoms with E-state index < -0.39 is 0 Å². The number of nitrogens with zero attached hydrogens (tertiary/aromatic N) is 1. The van der Waals surface area contributed by atoms with E-state index in [2.05, 4.69) is 46.9 Å². The molecule has 0 bridgehead atoms. The van der Waals surface area contributed by atoms with Gasteiger partial charge in [0, 0.05) is 5.56 Å². The summed E-state index contributed by atoms with van der Waals surface area (Å²) >= 11 is 1.76. The fourth-order valence-corrected chi connectivity index (χ4v) is 2.76. The summed E-state index contributed by atoms with van der Waals surface area (Å²) in [6.45, 7) is 0. The first-order chi connectivity index (χ1) is 8.43. The normalized spacial score (nSPS) is 18.6. The Balaban J connectivity index is 1.78. The van der Waals surface area contributed by atoms with Gasteiger partial charge in [-0.1, -0.05) is 72.4 Å². The first-order valence-corrected chi connectivity index (χ1v) is 6.42. The van der Waals surface area contributed by atoms with Gasteiger partial charge in [0.15, 0.2) is 0 Å². The molecule has 0 saturated carbocycles. The van der Waals surface area contributed by atoms with Crippen molar-refractivity contribution >= 4 is 16.8 Å². The first-order valence-electron chi connectivity index (χ1n) is 5.54. The topological polar surface area (TPSA) is 24.4 Å². The summed E-state index contributed by atoms with van der Waals surface area (Å²) in [4.78, 5) is 0. The second-order valence-corrected chi connectivity index (χ2v) is 4.91. The van der Waals surface area contributed by atoms with Gasteiger partial charge in [-0.25, -0.2) is 0 Å². The molecule has 17 heavy (non-hydrogen) atoms. The lowest BCUT2D eigenvalue weighted by Gasteiger charge is -2.08. The van der Waals surface area contributed by atoms with Gasteiger partial charge in [0.05, 0.1) is 0 Å². The molecule has 0 radical (unpaired) electrons. The van der Waals surface area contributed by atoms with Gasteiger partial charge in [-0.05, 0) is 5.56 Å². The highest BCUT2D eigenvalue weighted by atomic mass is 32.2. The Morgan fingerprint density at radius 1 is 0.882 bits per heavy atom. The lowest BCUT2D eigenvalue weighted by molar-refractivity contribution is 0.744. The van der Waals surface area contributed by atoms with Gasteiger partial charge >= 0.3 is 0 Å². The molecule has 84 valence electrons. The molecule has 1 unspecified atom stereocenters. The second kappa shape index (κ2) is 4.63. The molecule has 2 nitrogen and oxygen atoms in total. The van der Waals surface area contributed by atoms with Crippen molar-refractivity contribution in [1.29, 1.82) is 0 Å². The molecule has 1 aliphatic heterocycles. The Kier molecular flexibility index (Phi) is 2.84. The fourth-order valence-electron chi connectivity index (χ4n) is 1.77. The number of thioether (sulfide) groups is 1. The zero-order valence-corrected chi connectivity index (χ0v) is 10.0. The quantitative estimate of drug-likeness (QED) is 0.870. The molecule has 0 fully saturated rings. The standard InChI is InChI=1S/C14H12N2S/c1-3-7-11(8-4-1)13-15-16-14(17-13)12-9-5-2-6-10-12/h1-10,13,15H. The van der Waals surface area contributed by atoms with E-state index in [-0.39, 0.29) is 5.37 Å². The van der Waals surface area contributed by atoms with E-state index in [1.807, 2.05) is 24.3 Å². The Labute approximate surface area is 105 Å². The molecule has 0 amide bonds. The third kappa shape index (κ3) is 2.19. The molecule has 0 saturated heterocycles. The van der Waals surface area contributed by atoms with Gasteiger partial charge in [-0.2, -0.15) is 5.10 Å². The highest BCUT2D eigenvalue weighted by Gasteiger charge is 2.21. The number of hydrogen-bond donors (Lipinski definition) is 1. The summed E-state index contributed by atoms with van der Waals surface area (Å²) in [5.41, 5.74) is 5.60. The fraction of sp³-hybridized carbons (Fsp3) is 0.0714. The Bertz CT molecular complexity index is 522. The summed E-state index contributed by atoms with van der Waals surface area (Å²) in [6.07, 6.45) is 0. The molecular weight excluding hydrogens is 228 g/mol. The van der Waals surface area contributed by atoms with E-state index in [0.717, 1.165) is 5.04 Å². The highest BCUT2D eigenvalue weighted by molar-refractivity contribution is 8.14. The van der Waals surface area contributed by atoms with Crippen molar-refractivity contribution in [2.24, 2.45) is 5.10 Å². The largest absolute Gasteiger partial charge is 0.291 e. The van der Waals surface area contributed by atoms with E-state index in [1.165, 1.54) is 11.1 Å². The van der Waals surface area contributed by atoms with Crippen LogP contribution in [-0.4, -0.2) is 5.04 Å². The van der Waals surface area contributed by atoms with Gasteiger partial charge in [-0.15, -0.1) is 0 Å². The van der Waals surface area contributed by atoms with E-state index in [0.29, 0.717) is 0 Å². The Morgan fingerprint density at radius 3 is 2.24 bits per heavy atom. The van der Waals surface area contributed by atoms with E-state index in [1.54, 1.807) is 11.8 Å². The van der Waals surface area contributed by atoms with Gasteiger partial charge in [0.2, 0.25) is 0 Å². The molecule has 3 rings (SSSR count). The summed E-state index contributed by atoms with van der Waals surface area (Å²) < 4.78 is 0. The van der Waals surface area contributed by atoms with Crippen LogP contribution in [0, 0.1) is 0 Å². The zero-order chi connectivity index (χ0) is 11.5. The van der Waals surface area contributed by atoms with Crippen molar-refractivity contribution in [3.05, 3.63) is 71.8 Å². The molecule has 1 heterocycles.